The largest absolute Gasteiger partial charge is 0.382 e. The molecule has 1 N–H and O–H groups in total. The van der Waals surface area contributed by atoms with E-state index in [2.05, 4.69) is 18.3 Å². The van der Waals surface area contributed by atoms with Crippen LogP contribution in [0.2, 0.25) is 0 Å². The van der Waals surface area contributed by atoms with Crippen LogP contribution in [0.25, 0.3) is 0 Å². The van der Waals surface area contributed by atoms with Gasteiger partial charge in [0.05, 0.1) is 0 Å². The van der Waals surface area contributed by atoms with Crippen molar-refractivity contribution in [2.45, 2.75) is 38.6 Å². The second-order valence-corrected chi connectivity index (χ2v) is 6.46. The Bertz CT molecular complexity index is 506. The molecule has 2 aliphatic heterocycles. The van der Waals surface area contributed by atoms with Crippen LogP contribution in [0.3, 0.4) is 0 Å². The summed E-state index contributed by atoms with van der Waals surface area (Å²) >= 11 is 0. The monoisotopic (exact) mass is 302 g/mol. The number of nitrogens with one attached hydrogen (secondary N) is 1. The predicted octanol–water partition coefficient (Wildman–Crippen LogP) is 3.15. The Morgan fingerprint density at radius 3 is 2.73 bits per heavy atom. The number of rotatable bonds is 4. The average molecular weight is 302 g/mol. The molecule has 1 amide bonds. The number of likely N-dealkylation sites (tertiary alicyclic amines) is 1. The molecule has 0 radical (unpaired) electrons. The van der Waals surface area contributed by atoms with Crippen molar-refractivity contribution in [2.24, 2.45) is 5.92 Å². The maximum atomic E-state index is 12.5. The normalized spacial score (nSPS) is 20.9. The third kappa shape index (κ3) is 3.61. The van der Waals surface area contributed by atoms with E-state index in [0.29, 0.717) is 12.0 Å². The van der Waals surface area contributed by atoms with Gasteiger partial charge in [-0.1, -0.05) is 6.07 Å². The van der Waals surface area contributed by atoms with Crippen molar-refractivity contribution < 1.29 is 9.53 Å². The molecule has 2 fully saturated rings. The highest BCUT2D eigenvalue weighted by Gasteiger charge is 2.22. The minimum absolute atomic E-state index is 0.167. The van der Waals surface area contributed by atoms with Crippen molar-refractivity contribution in [3.63, 3.8) is 0 Å². The predicted molar refractivity (Wildman–Crippen MR) is 88.2 cm³/mol. The van der Waals surface area contributed by atoms with E-state index in [9.17, 15) is 4.79 Å². The molecule has 22 heavy (non-hydrogen) atoms. The number of benzene rings is 1. The lowest BCUT2D eigenvalue weighted by molar-refractivity contribution is 0.0622. The smallest absolute Gasteiger partial charge is 0.253 e. The fourth-order valence-electron chi connectivity index (χ4n) is 3.44. The molecule has 0 aliphatic carbocycles. The van der Waals surface area contributed by atoms with Gasteiger partial charge in [-0.25, -0.2) is 0 Å². The maximum absolute atomic E-state index is 12.5. The molecule has 4 heteroatoms. The van der Waals surface area contributed by atoms with Gasteiger partial charge < -0.3 is 15.0 Å². The molecule has 120 valence electrons. The molecule has 0 aromatic heterocycles. The van der Waals surface area contributed by atoms with Crippen LogP contribution in [0.1, 0.15) is 43.0 Å². The first kappa shape index (κ1) is 15.3. The summed E-state index contributed by atoms with van der Waals surface area (Å²) in [4.78, 5) is 14.4. The number of carbonyl (C=O) groups is 1. The molecule has 2 heterocycles. The van der Waals surface area contributed by atoms with Crippen LogP contribution in [0, 0.1) is 5.92 Å². The van der Waals surface area contributed by atoms with Crippen LogP contribution in [-0.4, -0.2) is 43.2 Å². The van der Waals surface area contributed by atoms with Crippen molar-refractivity contribution in [2.75, 3.05) is 31.6 Å². The van der Waals surface area contributed by atoms with Gasteiger partial charge in [-0.2, -0.15) is 0 Å². The lowest BCUT2D eigenvalue weighted by Crippen LogP contribution is -2.31. The Labute approximate surface area is 132 Å². The van der Waals surface area contributed by atoms with E-state index in [1.165, 1.54) is 0 Å². The molecular weight excluding hydrogens is 276 g/mol. The fraction of sp³-hybridized carbons (Fsp3) is 0.611. The van der Waals surface area contributed by atoms with Crippen molar-refractivity contribution in [1.29, 1.82) is 0 Å². The van der Waals surface area contributed by atoms with Gasteiger partial charge >= 0.3 is 0 Å². The molecule has 0 spiro atoms. The molecule has 2 aliphatic rings. The highest BCUT2D eigenvalue weighted by atomic mass is 16.5. The maximum Gasteiger partial charge on any atom is 0.253 e. The van der Waals surface area contributed by atoms with Crippen molar-refractivity contribution >= 4 is 11.6 Å². The van der Waals surface area contributed by atoms with Gasteiger partial charge in [0.1, 0.15) is 0 Å². The van der Waals surface area contributed by atoms with Crippen LogP contribution in [0.15, 0.2) is 24.3 Å². The van der Waals surface area contributed by atoms with Crippen LogP contribution in [0.5, 0.6) is 0 Å². The van der Waals surface area contributed by atoms with Crippen molar-refractivity contribution in [1.82, 2.24) is 4.90 Å². The first-order valence-electron chi connectivity index (χ1n) is 8.47. The van der Waals surface area contributed by atoms with Crippen molar-refractivity contribution in [3.05, 3.63) is 29.8 Å². The standard InChI is InChI=1S/C18H26N2O2/c1-14(15-7-11-22-12-8-15)19-17-6-4-5-16(13-17)18(21)20-9-2-3-10-20/h4-6,13-15,19H,2-3,7-12H2,1H3/t14-/m1/s1. The van der Waals surface area contributed by atoms with Crippen LogP contribution >= 0.6 is 0 Å². The number of nitrogens with zero attached hydrogens (tertiary/aromatic N) is 1. The highest BCUT2D eigenvalue weighted by Crippen LogP contribution is 2.23. The minimum Gasteiger partial charge on any atom is -0.382 e. The zero-order valence-corrected chi connectivity index (χ0v) is 13.4. The number of hydrogen-bond donors (Lipinski definition) is 1. The number of carbonyl (C=O) groups excluding carboxylic acids is 1. The van der Waals surface area contributed by atoms with Gasteiger partial charge in [0.25, 0.3) is 5.91 Å². The van der Waals surface area contributed by atoms with Gasteiger partial charge in [-0.15, -0.1) is 0 Å². The fourth-order valence-corrected chi connectivity index (χ4v) is 3.44. The number of anilines is 1. The molecule has 0 unspecified atom stereocenters. The summed E-state index contributed by atoms with van der Waals surface area (Å²) < 4.78 is 5.43. The topological polar surface area (TPSA) is 41.6 Å². The zero-order valence-electron chi connectivity index (χ0n) is 13.4. The van der Waals surface area contributed by atoms with E-state index >= 15 is 0 Å². The summed E-state index contributed by atoms with van der Waals surface area (Å²) in [5, 5.41) is 3.57. The Morgan fingerprint density at radius 2 is 2.00 bits per heavy atom. The highest BCUT2D eigenvalue weighted by molar-refractivity contribution is 5.95. The van der Waals surface area contributed by atoms with Gasteiger partial charge in [0.15, 0.2) is 0 Å². The summed E-state index contributed by atoms with van der Waals surface area (Å²) in [5.74, 6) is 0.812. The average Bonchev–Trinajstić information content (AvgIpc) is 3.09. The summed E-state index contributed by atoms with van der Waals surface area (Å²) in [6, 6.07) is 8.35. The lowest BCUT2D eigenvalue weighted by atomic mass is 9.93. The third-order valence-corrected chi connectivity index (χ3v) is 4.87. The lowest BCUT2D eigenvalue weighted by Gasteiger charge is -2.29. The summed E-state index contributed by atoms with van der Waals surface area (Å²) in [5.41, 5.74) is 1.84. The quantitative estimate of drug-likeness (QED) is 0.929. The summed E-state index contributed by atoms with van der Waals surface area (Å²) in [6.45, 7) is 5.75. The molecule has 2 saturated heterocycles. The minimum atomic E-state index is 0.167. The molecular formula is C18H26N2O2. The SMILES string of the molecule is C[C@@H](Nc1cccc(C(=O)N2CCCC2)c1)C1CCOCC1. The van der Waals surface area contributed by atoms with E-state index in [1.54, 1.807) is 0 Å². The van der Waals surface area contributed by atoms with E-state index in [1.807, 2.05) is 23.1 Å². The van der Waals surface area contributed by atoms with E-state index in [0.717, 1.165) is 63.2 Å². The first-order valence-corrected chi connectivity index (χ1v) is 8.47. The van der Waals surface area contributed by atoms with Gasteiger partial charge in [0.2, 0.25) is 0 Å². The molecule has 1 atom stereocenters. The van der Waals surface area contributed by atoms with Gasteiger partial charge in [-0.05, 0) is 56.7 Å². The molecule has 4 nitrogen and oxygen atoms in total. The Morgan fingerprint density at radius 1 is 1.27 bits per heavy atom. The van der Waals surface area contributed by atoms with Crippen LogP contribution in [0.4, 0.5) is 5.69 Å². The van der Waals surface area contributed by atoms with E-state index in [-0.39, 0.29) is 5.91 Å². The van der Waals surface area contributed by atoms with E-state index < -0.39 is 0 Å². The molecule has 0 bridgehead atoms. The van der Waals surface area contributed by atoms with Gasteiger partial charge in [-0.3, -0.25) is 4.79 Å². The number of amides is 1. The molecule has 3 rings (SSSR count). The number of hydrogen-bond acceptors (Lipinski definition) is 3. The van der Waals surface area contributed by atoms with E-state index in [4.69, 9.17) is 4.74 Å². The zero-order chi connectivity index (χ0) is 15.4. The van der Waals surface area contributed by atoms with Crippen LogP contribution in [-0.2, 0) is 4.74 Å². The summed E-state index contributed by atoms with van der Waals surface area (Å²) in [6.07, 6.45) is 4.48. The Balaban J connectivity index is 1.64. The second-order valence-electron chi connectivity index (χ2n) is 6.46. The van der Waals surface area contributed by atoms with Crippen LogP contribution < -0.4 is 5.32 Å². The first-order chi connectivity index (χ1) is 10.7. The summed E-state index contributed by atoms with van der Waals surface area (Å²) in [7, 11) is 0. The van der Waals surface area contributed by atoms with Gasteiger partial charge in [0, 0.05) is 43.6 Å². The third-order valence-electron chi connectivity index (χ3n) is 4.87. The number of ether oxygens (including phenoxy) is 1. The Hall–Kier alpha value is -1.55. The molecule has 1 aromatic rings. The molecule has 0 saturated carbocycles. The Kier molecular flexibility index (Phi) is 4.98. The second kappa shape index (κ2) is 7.14. The van der Waals surface area contributed by atoms with Crippen molar-refractivity contribution in [3.8, 4) is 0 Å². The molecule has 1 aromatic carbocycles.